The number of hydrogen-bond donors (Lipinski definition) is 1. The molecule has 3 aromatic carbocycles. The van der Waals surface area contributed by atoms with Crippen LogP contribution in [0.15, 0.2) is 77.7 Å². The van der Waals surface area contributed by atoms with Crippen LogP contribution in [0.1, 0.15) is 29.3 Å². The van der Waals surface area contributed by atoms with Crippen molar-refractivity contribution in [2.45, 2.75) is 30.9 Å². The van der Waals surface area contributed by atoms with E-state index in [1.54, 1.807) is 48.5 Å². The Bertz CT molecular complexity index is 1550. The minimum atomic E-state index is -3.91. The molecule has 0 bridgehead atoms. The zero-order valence-corrected chi connectivity index (χ0v) is 19.5. The standard InChI is InChI=1S/C26H21FN2O5S/c1-16-12-17(22-13-18(27)6-11-23(22)28-16)15-34-20-9-7-19(8-10-20)29-24(14-26(30)31)21-4-2-3-5-25(21)35(29,32)33/h2-13,24H,14-15H2,1H3,(H,30,31). The fourth-order valence-corrected chi connectivity index (χ4v) is 6.34. The van der Waals surface area contributed by atoms with Gasteiger partial charge < -0.3 is 9.84 Å². The van der Waals surface area contributed by atoms with Crippen LogP contribution in [0.5, 0.6) is 5.75 Å². The third-order valence-corrected chi connectivity index (χ3v) is 7.85. The second-order valence-electron chi connectivity index (χ2n) is 8.32. The second-order valence-corrected chi connectivity index (χ2v) is 10.1. The summed E-state index contributed by atoms with van der Waals surface area (Å²) in [6, 6.07) is 18.3. The van der Waals surface area contributed by atoms with E-state index in [1.165, 1.54) is 18.2 Å². The molecule has 1 atom stereocenters. The third-order valence-electron chi connectivity index (χ3n) is 5.94. The molecule has 7 nitrogen and oxygen atoms in total. The molecule has 1 aliphatic heterocycles. The van der Waals surface area contributed by atoms with E-state index in [-0.39, 0.29) is 23.7 Å². The number of hydrogen-bond acceptors (Lipinski definition) is 5. The van der Waals surface area contributed by atoms with Crippen LogP contribution in [0, 0.1) is 12.7 Å². The van der Waals surface area contributed by atoms with E-state index >= 15 is 0 Å². The van der Waals surface area contributed by atoms with E-state index < -0.39 is 22.0 Å². The number of fused-ring (bicyclic) bond motifs is 2. The third kappa shape index (κ3) is 4.19. The molecule has 1 aromatic heterocycles. The van der Waals surface area contributed by atoms with Gasteiger partial charge in [0, 0.05) is 16.6 Å². The Morgan fingerprint density at radius 3 is 2.57 bits per heavy atom. The Hall–Kier alpha value is -3.98. The van der Waals surface area contributed by atoms with Crippen molar-refractivity contribution in [3.8, 4) is 5.75 Å². The Balaban J connectivity index is 1.42. The van der Waals surface area contributed by atoms with Crippen LogP contribution in [0.25, 0.3) is 10.9 Å². The number of carboxylic acid groups (broad SMARTS) is 1. The molecule has 1 aliphatic rings. The lowest BCUT2D eigenvalue weighted by Crippen LogP contribution is -2.29. The molecule has 0 fully saturated rings. The lowest BCUT2D eigenvalue weighted by molar-refractivity contribution is -0.137. The van der Waals surface area contributed by atoms with Crippen molar-refractivity contribution < 1.29 is 27.4 Å². The van der Waals surface area contributed by atoms with E-state index in [0.717, 1.165) is 15.6 Å². The molecular weight excluding hydrogens is 471 g/mol. The van der Waals surface area contributed by atoms with Crippen molar-refractivity contribution in [1.29, 1.82) is 0 Å². The number of benzene rings is 3. The number of pyridine rings is 1. The van der Waals surface area contributed by atoms with Crippen molar-refractivity contribution in [2.24, 2.45) is 0 Å². The number of aryl methyl sites for hydroxylation is 1. The average Bonchev–Trinajstić information content (AvgIpc) is 3.04. The first-order valence-electron chi connectivity index (χ1n) is 10.9. The summed E-state index contributed by atoms with van der Waals surface area (Å²) >= 11 is 0. The molecule has 4 aromatic rings. The fraction of sp³-hybridized carbons (Fsp3) is 0.154. The summed E-state index contributed by atoms with van der Waals surface area (Å²) in [5, 5.41) is 10.1. The summed E-state index contributed by atoms with van der Waals surface area (Å²) in [6.07, 6.45) is -0.362. The molecule has 0 saturated carbocycles. The maximum absolute atomic E-state index is 13.8. The van der Waals surface area contributed by atoms with Gasteiger partial charge in [0.1, 0.15) is 18.2 Å². The minimum Gasteiger partial charge on any atom is -0.489 e. The number of halogens is 1. The topological polar surface area (TPSA) is 96.8 Å². The van der Waals surface area contributed by atoms with Crippen LogP contribution in [0.4, 0.5) is 10.1 Å². The van der Waals surface area contributed by atoms with Crippen LogP contribution in [0.3, 0.4) is 0 Å². The number of carbonyl (C=O) groups is 1. The first-order valence-corrected chi connectivity index (χ1v) is 12.3. The minimum absolute atomic E-state index is 0.110. The number of anilines is 1. The highest BCUT2D eigenvalue weighted by molar-refractivity contribution is 7.93. The van der Waals surface area contributed by atoms with Crippen molar-refractivity contribution in [3.05, 3.63) is 95.4 Å². The van der Waals surface area contributed by atoms with Crippen molar-refractivity contribution >= 4 is 32.6 Å². The predicted molar refractivity (Wildman–Crippen MR) is 128 cm³/mol. The number of sulfonamides is 1. The SMILES string of the molecule is Cc1cc(COc2ccc(N3C(CC(=O)O)c4ccccc4S3(=O)=O)cc2)c2cc(F)ccc2n1. The summed E-state index contributed by atoms with van der Waals surface area (Å²) < 4.78 is 47.3. The van der Waals surface area contributed by atoms with E-state index in [1.807, 2.05) is 13.0 Å². The zero-order valence-electron chi connectivity index (χ0n) is 18.7. The van der Waals surface area contributed by atoms with Crippen LogP contribution < -0.4 is 9.04 Å². The molecule has 1 unspecified atom stereocenters. The lowest BCUT2D eigenvalue weighted by Gasteiger charge is -2.24. The number of ether oxygens (including phenoxy) is 1. The van der Waals surface area contributed by atoms with E-state index in [9.17, 15) is 22.7 Å². The van der Waals surface area contributed by atoms with Gasteiger partial charge in [-0.15, -0.1) is 0 Å². The first-order chi connectivity index (χ1) is 16.7. The van der Waals surface area contributed by atoms with Crippen molar-refractivity contribution in [2.75, 3.05) is 4.31 Å². The van der Waals surface area contributed by atoms with E-state index in [4.69, 9.17) is 4.74 Å². The molecule has 1 N–H and O–H groups in total. The van der Waals surface area contributed by atoms with Gasteiger partial charge in [0.2, 0.25) is 0 Å². The van der Waals surface area contributed by atoms with E-state index in [2.05, 4.69) is 4.98 Å². The molecule has 9 heteroatoms. The molecule has 2 heterocycles. The van der Waals surface area contributed by atoms with Crippen LogP contribution >= 0.6 is 0 Å². The quantitative estimate of drug-likeness (QED) is 0.408. The van der Waals surface area contributed by atoms with Gasteiger partial charge in [-0.1, -0.05) is 18.2 Å². The first kappa shape index (κ1) is 22.8. The predicted octanol–water partition coefficient (Wildman–Crippen LogP) is 4.99. The van der Waals surface area contributed by atoms with Gasteiger partial charge in [0.25, 0.3) is 10.0 Å². The molecule has 0 radical (unpaired) electrons. The Kier molecular flexibility index (Phi) is 5.64. The number of rotatable bonds is 6. The van der Waals surface area contributed by atoms with Crippen molar-refractivity contribution in [3.63, 3.8) is 0 Å². The number of carboxylic acids is 1. The summed E-state index contributed by atoms with van der Waals surface area (Å²) in [7, 11) is -3.91. The van der Waals surface area contributed by atoms with Gasteiger partial charge in [-0.05, 0) is 67.1 Å². The molecule has 0 spiro atoms. The second kappa shape index (κ2) is 8.66. The normalized spacial score (nSPS) is 16.3. The van der Waals surface area contributed by atoms with Crippen molar-refractivity contribution in [1.82, 2.24) is 4.98 Å². The van der Waals surface area contributed by atoms with Gasteiger partial charge in [-0.3, -0.25) is 14.1 Å². The van der Waals surface area contributed by atoms with Gasteiger partial charge in [0.05, 0.1) is 28.6 Å². The highest BCUT2D eigenvalue weighted by atomic mass is 32.2. The fourth-order valence-electron chi connectivity index (χ4n) is 4.45. The van der Waals surface area contributed by atoms with Gasteiger partial charge in [-0.2, -0.15) is 0 Å². The Morgan fingerprint density at radius 1 is 1.09 bits per heavy atom. The number of aromatic nitrogens is 1. The lowest BCUT2D eigenvalue weighted by atomic mass is 10.0. The Labute approximate surface area is 201 Å². The highest BCUT2D eigenvalue weighted by Crippen LogP contribution is 2.44. The summed E-state index contributed by atoms with van der Waals surface area (Å²) in [5.74, 6) is -0.975. The van der Waals surface area contributed by atoms with Gasteiger partial charge in [0.15, 0.2) is 0 Å². The monoisotopic (exact) mass is 492 g/mol. The molecule has 178 valence electrons. The van der Waals surface area contributed by atoms with Crippen LogP contribution in [-0.2, 0) is 21.4 Å². The van der Waals surface area contributed by atoms with Gasteiger partial charge >= 0.3 is 5.97 Å². The maximum atomic E-state index is 13.8. The van der Waals surface area contributed by atoms with Gasteiger partial charge in [-0.25, -0.2) is 12.8 Å². The highest BCUT2D eigenvalue weighted by Gasteiger charge is 2.43. The number of nitrogens with zero attached hydrogens (tertiary/aromatic N) is 2. The molecule has 0 amide bonds. The largest absolute Gasteiger partial charge is 0.489 e. The van der Waals surface area contributed by atoms with Crippen LogP contribution in [-0.4, -0.2) is 24.5 Å². The maximum Gasteiger partial charge on any atom is 0.305 e. The van der Waals surface area contributed by atoms with E-state index in [0.29, 0.717) is 27.9 Å². The average molecular weight is 493 g/mol. The summed E-state index contributed by atoms with van der Waals surface area (Å²) in [6.45, 7) is 2.01. The molecule has 0 saturated heterocycles. The smallest absolute Gasteiger partial charge is 0.305 e. The zero-order chi connectivity index (χ0) is 24.7. The molecular formula is C26H21FN2O5S. The number of aliphatic carboxylic acids is 1. The molecule has 0 aliphatic carbocycles. The summed E-state index contributed by atoms with van der Waals surface area (Å²) in [5.41, 5.74) is 3.02. The summed E-state index contributed by atoms with van der Waals surface area (Å²) in [4.78, 5) is 16.0. The molecule has 5 rings (SSSR count). The van der Waals surface area contributed by atoms with Crippen LogP contribution in [0.2, 0.25) is 0 Å². The Morgan fingerprint density at radius 2 is 1.83 bits per heavy atom. The molecule has 35 heavy (non-hydrogen) atoms.